The number of hydrogen-bond donors (Lipinski definition) is 1. The Labute approximate surface area is 112 Å². The van der Waals surface area contributed by atoms with Crippen LogP contribution in [0, 0.1) is 5.92 Å². The van der Waals surface area contributed by atoms with Gasteiger partial charge in [-0.15, -0.1) is 0 Å². The molecular weight excluding hydrogens is 246 g/mol. The highest BCUT2D eigenvalue weighted by Crippen LogP contribution is 2.20. The number of carbonyl (C=O) groups is 2. The molecule has 0 heterocycles. The van der Waals surface area contributed by atoms with Gasteiger partial charge in [0.15, 0.2) is 0 Å². The molecule has 0 aromatic heterocycles. The van der Waals surface area contributed by atoms with E-state index in [9.17, 15) is 9.59 Å². The smallest absolute Gasteiger partial charge is 0.315 e. The van der Waals surface area contributed by atoms with Gasteiger partial charge in [0.2, 0.25) is 5.91 Å². The fraction of sp³-hybridized carbons (Fsp3) is 0.429. The minimum Gasteiger partial charge on any atom is -0.494 e. The molecule has 1 aromatic carbocycles. The summed E-state index contributed by atoms with van der Waals surface area (Å²) in [5, 5.41) is 8.83. The molecule has 0 aliphatic rings. The quantitative estimate of drug-likeness (QED) is 0.796. The number of para-hydroxylation sites is 1. The summed E-state index contributed by atoms with van der Waals surface area (Å²) in [6, 6.07) is 7.41. The molecule has 0 spiro atoms. The molecule has 0 fully saturated rings. The van der Waals surface area contributed by atoms with Crippen LogP contribution >= 0.6 is 0 Å². The Bertz CT molecular complexity index is 459. The number of carbonyl (C=O) groups excluding carboxylic acids is 1. The summed E-state index contributed by atoms with van der Waals surface area (Å²) in [7, 11) is 1.59. The summed E-state index contributed by atoms with van der Waals surface area (Å²) < 4.78 is 5.47. The molecule has 0 aliphatic heterocycles. The summed E-state index contributed by atoms with van der Waals surface area (Å²) >= 11 is 0. The van der Waals surface area contributed by atoms with Gasteiger partial charge in [-0.1, -0.05) is 18.2 Å². The molecule has 19 heavy (non-hydrogen) atoms. The van der Waals surface area contributed by atoms with E-state index in [1.807, 2.05) is 31.2 Å². The SMILES string of the molecule is CCOc1ccccc1CN(C)C(=O)C(C)C(=O)O. The van der Waals surface area contributed by atoms with Gasteiger partial charge >= 0.3 is 5.97 Å². The van der Waals surface area contributed by atoms with Crippen LogP contribution in [0.15, 0.2) is 24.3 Å². The average Bonchev–Trinajstić information content (AvgIpc) is 2.39. The molecule has 1 rings (SSSR count). The number of ether oxygens (including phenoxy) is 1. The van der Waals surface area contributed by atoms with Crippen molar-refractivity contribution in [3.05, 3.63) is 29.8 Å². The number of rotatable bonds is 6. The van der Waals surface area contributed by atoms with Gasteiger partial charge in [-0.25, -0.2) is 0 Å². The maximum Gasteiger partial charge on any atom is 0.315 e. The Balaban J connectivity index is 2.79. The van der Waals surface area contributed by atoms with E-state index < -0.39 is 17.8 Å². The lowest BCUT2D eigenvalue weighted by molar-refractivity contribution is -0.149. The third-order valence-corrected chi connectivity index (χ3v) is 2.80. The van der Waals surface area contributed by atoms with Gasteiger partial charge in [0.1, 0.15) is 11.7 Å². The second-order valence-electron chi connectivity index (χ2n) is 4.29. The Kier molecular flexibility index (Phi) is 5.36. The standard InChI is InChI=1S/C14H19NO4/c1-4-19-12-8-6-5-7-11(12)9-15(3)13(16)10(2)14(17)18/h5-8,10H,4,9H2,1-3H3,(H,17,18). The lowest BCUT2D eigenvalue weighted by atomic mass is 10.1. The fourth-order valence-corrected chi connectivity index (χ4v) is 1.70. The second kappa shape index (κ2) is 6.78. The molecule has 0 radical (unpaired) electrons. The number of benzene rings is 1. The van der Waals surface area contributed by atoms with Crippen molar-refractivity contribution in [1.29, 1.82) is 0 Å². The highest BCUT2D eigenvalue weighted by atomic mass is 16.5. The van der Waals surface area contributed by atoms with Gasteiger partial charge < -0.3 is 14.7 Å². The van der Waals surface area contributed by atoms with Gasteiger partial charge in [-0.3, -0.25) is 9.59 Å². The molecule has 0 saturated heterocycles. The lowest BCUT2D eigenvalue weighted by Gasteiger charge is -2.21. The maximum absolute atomic E-state index is 11.9. The molecule has 1 amide bonds. The third kappa shape index (κ3) is 3.98. The van der Waals surface area contributed by atoms with Crippen molar-refractivity contribution in [1.82, 2.24) is 4.90 Å². The Morgan fingerprint density at radius 3 is 2.58 bits per heavy atom. The van der Waals surface area contributed by atoms with Crippen LogP contribution in [0.4, 0.5) is 0 Å². The number of hydrogen-bond acceptors (Lipinski definition) is 3. The molecule has 104 valence electrons. The monoisotopic (exact) mass is 265 g/mol. The van der Waals surface area contributed by atoms with Crippen molar-refractivity contribution < 1.29 is 19.4 Å². The number of amides is 1. The first kappa shape index (κ1) is 15.0. The van der Waals surface area contributed by atoms with Crippen LogP contribution in [-0.2, 0) is 16.1 Å². The number of aliphatic carboxylic acids is 1. The molecule has 1 aromatic rings. The van der Waals surface area contributed by atoms with E-state index in [2.05, 4.69) is 0 Å². The first-order valence-electron chi connectivity index (χ1n) is 6.15. The average molecular weight is 265 g/mol. The largest absolute Gasteiger partial charge is 0.494 e. The molecule has 1 atom stereocenters. The van der Waals surface area contributed by atoms with Crippen LogP contribution in [0.3, 0.4) is 0 Å². The van der Waals surface area contributed by atoms with Crippen molar-refractivity contribution in [2.75, 3.05) is 13.7 Å². The summed E-state index contributed by atoms with van der Waals surface area (Å²) in [5.74, 6) is -1.86. The van der Waals surface area contributed by atoms with Gasteiger partial charge in [0, 0.05) is 19.2 Å². The first-order valence-corrected chi connectivity index (χ1v) is 6.15. The Morgan fingerprint density at radius 1 is 1.37 bits per heavy atom. The van der Waals surface area contributed by atoms with E-state index in [1.54, 1.807) is 7.05 Å². The van der Waals surface area contributed by atoms with Crippen LogP contribution in [0.1, 0.15) is 19.4 Å². The van der Waals surface area contributed by atoms with Gasteiger partial charge in [-0.2, -0.15) is 0 Å². The van der Waals surface area contributed by atoms with Gasteiger partial charge in [-0.05, 0) is 19.9 Å². The van der Waals surface area contributed by atoms with Crippen molar-refractivity contribution in [3.8, 4) is 5.75 Å². The molecule has 0 bridgehead atoms. The zero-order chi connectivity index (χ0) is 14.4. The van der Waals surface area contributed by atoms with Crippen molar-refractivity contribution in [2.45, 2.75) is 20.4 Å². The number of carboxylic acids is 1. The van der Waals surface area contributed by atoms with E-state index in [1.165, 1.54) is 11.8 Å². The van der Waals surface area contributed by atoms with E-state index in [0.29, 0.717) is 18.9 Å². The maximum atomic E-state index is 11.9. The third-order valence-electron chi connectivity index (χ3n) is 2.80. The molecule has 0 saturated carbocycles. The summed E-state index contributed by atoms with van der Waals surface area (Å²) in [5.41, 5.74) is 0.859. The molecule has 5 heteroatoms. The second-order valence-corrected chi connectivity index (χ2v) is 4.29. The lowest BCUT2D eigenvalue weighted by Crippen LogP contribution is -2.35. The van der Waals surface area contributed by atoms with Crippen molar-refractivity contribution in [3.63, 3.8) is 0 Å². The molecular formula is C14H19NO4. The van der Waals surface area contributed by atoms with Crippen molar-refractivity contribution >= 4 is 11.9 Å². The molecule has 1 unspecified atom stereocenters. The fourth-order valence-electron chi connectivity index (χ4n) is 1.70. The first-order chi connectivity index (χ1) is 8.97. The Hall–Kier alpha value is -2.04. The predicted octanol–water partition coefficient (Wildman–Crippen LogP) is 1.76. The van der Waals surface area contributed by atoms with Gasteiger partial charge in [0.05, 0.1) is 6.61 Å². The van der Waals surface area contributed by atoms with E-state index in [4.69, 9.17) is 9.84 Å². The molecule has 1 N–H and O–H groups in total. The number of nitrogens with zero attached hydrogens (tertiary/aromatic N) is 1. The zero-order valence-electron chi connectivity index (χ0n) is 11.4. The summed E-state index contributed by atoms with van der Waals surface area (Å²) in [4.78, 5) is 24.1. The number of carboxylic acid groups (broad SMARTS) is 1. The topological polar surface area (TPSA) is 66.8 Å². The summed E-state index contributed by atoms with van der Waals surface area (Å²) in [6.07, 6.45) is 0. The van der Waals surface area contributed by atoms with Crippen molar-refractivity contribution in [2.24, 2.45) is 5.92 Å². The van der Waals surface area contributed by atoms with Crippen LogP contribution in [0.25, 0.3) is 0 Å². The highest BCUT2D eigenvalue weighted by molar-refractivity contribution is 5.96. The van der Waals surface area contributed by atoms with E-state index >= 15 is 0 Å². The normalized spacial score (nSPS) is 11.7. The van der Waals surface area contributed by atoms with Crippen LogP contribution in [0.2, 0.25) is 0 Å². The summed E-state index contributed by atoms with van der Waals surface area (Å²) in [6.45, 7) is 4.14. The van der Waals surface area contributed by atoms with E-state index in [0.717, 1.165) is 5.56 Å². The predicted molar refractivity (Wildman–Crippen MR) is 70.9 cm³/mol. The molecule has 5 nitrogen and oxygen atoms in total. The van der Waals surface area contributed by atoms with Crippen LogP contribution < -0.4 is 4.74 Å². The van der Waals surface area contributed by atoms with Crippen LogP contribution in [-0.4, -0.2) is 35.5 Å². The zero-order valence-corrected chi connectivity index (χ0v) is 11.4. The van der Waals surface area contributed by atoms with Gasteiger partial charge in [0.25, 0.3) is 0 Å². The highest BCUT2D eigenvalue weighted by Gasteiger charge is 2.24. The van der Waals surface area contributed by atoms with Crippen LogP contribution in [0.5, 0.6) is 5.75 Å². The minimum absolute atomic E-state index is 0.326. The Morgan fingerprint density at radius 2 is 2.00 bits per heavy atom. The molecule has 0 aliphatic carbocycles. The minimum atomic E-state index is -1.12. The van der Waals surface area contributed by atoms with E-state index in [-0.39, 0.29) is 0 Å².